The number of nitrogens with zero attached hydrogens (tertiary/aromatic N) is 3. The van der Waals surface area contributed by atoms with E-state index in [2.05, 4.69) is 26.9 Å². The van der Waals surface area contributed by atoms with Crippen LogP contribution in [-0.2, 0) is 4.79 Å². The zero-order chi connectivity index (χ0) is 26.3. The molecule has 0 unspecified atom stereocenters. The first-order valence-corrected chi connectivity index (χ1v) is 13.0. The number of primary amides is 1. The molecule has 0 saturated heterocycles. The molecule has 0 radical (unpaired) electrons. The van der Waals surface area contributed by atoms with Crippen LogP contribution in [-0.4, -0.2) is 32.8 Å². The van der Waals surface area contributed by atoms with Crippen molar-refractivity contribution in [2.24, 2.45) is 11.7 Å². The first-order valence-electron chi connectivity index (χ1n) is 12.6. The maximum atomic E-state index is 14.3. The molecule has 0 spiro atoms. The highest BCUT2D eigenvalue weighted by Crippen LogP contribution is 2.41. The summed E-state index contributed by atoms with van der Waals surface area (Å²) in [5.74, 6) is -0.0195. The number of hydrogen-bond donors (Lipinski definition) is 2. The fourth-order valence-corrected chi connectivity index (χ4v) is 5.98. The molecular formula is C28H31ClFN5O2. The van der Waals surface area contributed by atoms with Crippen molar-refractivity contribution in [1.29, 1.82) is 0 Å². The normalized spacial score (nSPS) is 18.7. The number of rotatable bonds is 7. The van der Waals surface area contributed by atoms with Crippen LogP contribution in [0.25, 0.3) is 22.2 Å². The van der Waals surface area contributed by atoms with Crippen LogP contribution in [0.4, 0.5) is 4.39 Å². The summed E-state index contributed by atoms with van der Waals surface area (Å²) in [7, 11) is 1.55. The Morgan fingerprint density at radius 2 is 2.08 bits per heavy atom. The molecule has 194 valence electrons. The Hall–Kier alpha value is -3.39. The number of H-pyrrole nitrogens is 1. The van der Waals surface area contributed by atoms with Crippen LogP contribution in [0.3, 0.4) is 0 Å². The van der Waals surface area contributed by atoms with Gasteiger partial charge in [0.25, 0.3) is 0 Å². The molecule has 1 amide bonds. The molecular weight excluding hydrogens is 493 g/mol. The lowest BCUT2D eigenvalue weighted by Gasteiger charge is -2.28. The van der Waals surface area contributed by atoms with Gasteiger partial charge in [-0.15, -0.1) is 0 Å². The van der Waals surface area contributed by atoms with Gasteiger partial charge >= 0.3 is 0 Å². The average Bonchev–Trinajstić information content (AvgIpc) is 3.48. The van der Waals surface area contributed by atoms with Crippen LogP contribution in [0.1, 0.15) is 67.8 Å². The Balaban J connectivity index is 1.45. The van der Waals surface area contributed by atoms with Crippen molar-refractivity contribution < 1.29 is 13.9 Å². The number of fused-ring (bicyclic) bond motifs is 1. The first kappa shape index (κ1) is 25.3. The molecule has 1 saturated carbocycles. The third kappa shape index (κ3) is 4.82. The average molecular weight is 524 g/mol. The maximum absolute atomic E-state index is 14.3. The van der Waals surface area contributed by atoms with Crippen LogP contribution in [0.2, 0.25) is 5.02 Å². The van der Waals surface area contributed by atoms with Gasteiger partial charge in [-0.2, -0.15) is 5.10 Å². The largest absolute Gasteiger partial charge is 0.496 e. The van der Waals surface area contributed by atoms with Crippen LogP contribution < -0.4 is 10.5 Å². The fourth-order valence-electron chi connectivity index (χ4n) is 5.66. The molecule has 7 nitrogen and oxygen atoms in total. The summed E-state index contributed by atoms with van der Waals surface area (Å²) < 4.78 is 21.9. The minimum Gasteiger partial charge on any atom is -0.496 e. The second kappa shape index (κ2) is 10.2. The number of carbonyl (C=O) groups excluding carboxylic acids is 1. The number of hydrogen-bond acceptors (Lipinski definition) is 4. The number of halogens is 2. The van der Waals surface area contributed by atoms with Crippen molar-refractivity contribution in [2.45, 2.75) is 57.9 Å². The lowest BCUT2D eigenvalue weighted by molar-refractivity contribution is -0.119. The van der Waals surface area contributed by atoms with E-state index in [1.165, 1.54) is 6.07 Å². The molecule has 0 aliphatic heterocycles. The second-order valence-corrected chi connectivity index (χ2v) is 10.4. The Labute approximate surface area is 220 Å². The predicted molar refractivity (Wildman–Crippen MR) is 142 cm³/mol. The number of carbonyl (C=O) groups is 1. The van der Waals surface area contributed by atoms with Crippen LogP contribution in [0.15, 0.2) is 36.8 Å². The van der Waals surface area contributed by atoms with Gasteiger partial charge in [0, 0.05) is 53.0 Å². The third-order valence-corrected chi connectivity index (χ3v) is 8.07. The molecule has 1 aliphatic rings. The lowest BCUT2D eigenvalue weighted by atomic mass is 9.84. The maximum Gasteiger partial charge on any atom is 0.217 e. The number of benzene rings is 1. The van der Waals surface area contributed by atoms with Gasteiger partial charge in [-0.25, -0.2) is 9.37 Å². The van der Waals surface area contributed by atoms with E-state index in [0.29, 0.717) is 29.7 Å². The summed E-state index contributed by atoms with van der Waals surface area (Å²) in [4.78, 5) is 19.2. The van der Waals surface area contributed by atoms with Gasteiger partial charge in [0.1, 0.15) is 17.2 Å². The van der Waals surface area contributed by atoms with Gasteiger partial charge in [-0.1, -0.05) is 18.5 Å². The highest BCUT2D eigenvalue weighted by molar-refractivity contribution is 6.31. The number of methoxy groups -OCH3 is 1. The van der Waals surface area contributed by atoms with E-state index in [1.54, 1.807) is 13.2 Å². The number of aromatic nitrogens is 4. The summed E-state index contributed by atoms with van der Waals surface area (Å²) in [6, 6.07) is 5.32. The van der Waals surface area contributed by atoms with E-state index in [1.807, 2.05) is 26.2 Å². The van der Waals surface area contributed by atoms with Gasteiger partial charge in [-0.05, 0) is 62.3 Å². The molecule has 3 N–H and O–H groups in total. The molecule has 9 heteroatoms. The molecule has 1 fully saturated rings. The van der Waals surface area contributed by atoms with Crippen molar-refractivity contribution in [1.82, 2.24) is 19.7 Å². The van der Waals surface area contributed by atoms with E-state index in [-0.39, 0.29) is 16.8 Å². The molecule has 37 heavy (non-hydrogen) atoms. The quantitative estimate of drug-likeness (QED) is 0.297. The SMILES string of the molecule is COc1ccc(F)c(Cl)c1[C@@H](C)c1c[nH]c2ncc(-c3cn(C4CCC(CC(N)=O)CC4)nc3C)cc12. The molecule has 4 aromatic rings. The second-order valence-electron chi connectivity index (χ2n) is 10.0. The zero-order valence-electron chi connectivity index (χ0n) is 21.2. The van der Waals surface area contributed by atoms with Gasteiger partial charge in [0.05, 0.1) is 23.9 Å². The lowest BCUT2D eigenvalue weighted by Crippen LogP contribution is -2.23. The minimum absolute atomic E-state index is 0.0629. The van der Waals surface area contributed by atoms with Gasteiger partial charge in [0.15, 0.2) is 0 Å². The molecule has 1 aromatic carbocycles. The van der Waals surface area contributed by atoms with E-state index < -0.39 is 5.82 Å². The third-order valence-electron chi connectivity index (χ3n) is 7.68. The van der Waals surface area contributed by atoms with Crippen LogP contribution in [0, 0.1) is 18.7 Å². The number of amides is 1. The highest BCUT2D eigenvalue weighted by atomic mass is 35.5. The Morgan fingerprint density at radius 3 is 2.78 bits per heavy atom. The standard InChI is InChI=1S/C28H31ClFN5O2/c1-15(26-24(37-3)9-8-23(30)27(26)29)21-13-33-28-20(21)11-18(12-32-28)22-14-35(34-16(22)2)19-6-4-17(5-7-19)10-25(31)36/h8-9,11-15,17,19H,4-7,10H2,1-3H3,(H2,31,36)(H,32,33)/t15-,17?,19?/m0/s1. The molecule has 1 atom stereocenters. The van der Waals surface area contributed by atoms with E-state index in [0.717, 1.165) is 59.1 Å². The monoisotopic (exact) mass is 523 g/mol. The molecule has 3 heterocycles. The molecule has 5 rings (SSSR count). The minimum atomic E-state index is -0.477. The van der Waals surface area contributed by atoms with Crippen molar-refractivity contribution in [3.05, 3.63) is 64.5 Å². The summed E-state index contributed by atoms with van der Waals surface area (Å²) in [5, 5.41) is 5.83. The smallest absolute Gasteiger partial charge is 0.217 e. The molecule has 3 aromatic heterocycles. The molecule has 0 bridgehead atoms. The first-order chi connectivity index (χ1) is 17.8. The molecule has 1 aliphatic carbocycles. The number of pyridine rings is 1. The van der Waals surface area contributed by atoms with Crippen molar-refractivity contribution in [3.8, 4) is 16.9 Å². The zero-order valence-corrected chi connectivity index (χ0v) is 22.0. The fraction of sp³-hybridized carbons (Fsp3) is 0.393. The summed E-state index contributed by atoms with van der Waals surface area (Å²) in [5.41, 5.74) is 10.6. The van der Waals surface area contributed by atoms with Crippen molar-refractivity contribution >= 4 is 28.5 Å². The van der Waals surface area contributed by atoms with Gasteiger partial charge < -0.3 is 15.5 Å². The van der Waals surface area contributed by atoms with E-state index in [9.17, 15) is 9.18 Å². The van der Waals surface area contributed by atoms with Gasteiger partial charge in [-0.3, -0.25) is 9.48 Å². The highest BCUT2D eigenvalue weighted by Gasteiger charge is 2.26. The number of ether oxygens (including phenoxy) is 1. The predicted octanol–water partition coefficient (Wildman–Crippen LogP) is 6.29. The van der Waals surface area contributed by atoms with Gasteiger partial charge in [0.2, 0.25) is 5.91 Å². The van der Waals surface area contributed by atoms with Crippen LogP contribution >= 0.6 is 11.6 Å². The topological polar surface area (TPSA) is 98.8 Å². The summed E-state index contributed by atoms with van der Waals surface area (Å²) in [6.07, 6.45) is 10.2. The number of aromatic amines is 1. The number of nitrogens with two attached hydrogens (primary N) is 1. The number of aryl methyl sites for hydroxylation is 1. The Morgan fingerprint density at radius 1 is 1.32 bits per heavy atom. The number of nitrogens with one attached hydrogen (secondary N) is 1. The van der Waals surface area contributed by atoms with E-state index >= 15 is 0 Å². The Bertz CT molecular complexity index is 1450. The summed E-state index contributed by atoms with van der Waals surface area (Å²) >= 11 is 6.38. The van der Waals surface area contributed by atoms with Crippen LogP contribution in [0.5, 0.6) is 5.75 Å². The van der Waals surface area contributed by atoms with E-state index in [4.69, 9.17) is 27.2 Å². The van der Waals surface area contributed by atoms with Crippen molar-refractivity contribution in [2.75, 3.05) is 7.11 Å². The summed E-state index contributed by atoms with van der Waals surface area (Å²) in [6.45, 7) is 3.99. The Kier molecular flexibility index (Phi) is 6.94. The van der Waals surface area contributed by atoms with Crippen molar-refractivity contribution in [3.63, 3.8) is 0 Å².